The minimum absolute atomic E-state index is 0.223. The fraction of sp³-hybridized carbons (Fsp3) is 0.400. The molecule has 0 unspecified atom stereocenters. The Morgan fingerprint density at radius 2 is 2.11 bits per heavy atom. The second-order valence-corrected chi connectivity index (χ2v) is 3.60. The lowest BCUT2D eigenvalue weighted by Crippen LogP contribution is -2.15. The number of nitrogens with two attached hydrogens (primary N) is 1. The van der Waals surface area contributed by atoms with Crippen molar-refractivity contribution in [1.29, 1.82) is 0 Å². The van der Waals surface area contributed by atoms with E-state index in [2.05, 4.69) is 25.4 Å². The van der Waals surface area contributed by atoms with Gasteiger partial charge >= 0.3 is 6.01 Å². The molecule has 2 aromatic heterocycles. The number of ether oxygens (including phenoxy) is 1. The van der Waals surface area contributed by atoms with Gasteiger partial charge in [0.05, 0.1) is 12.3 Å². The predicted octanol–water partition coefficient (Wildman–Crippen LogP) is 0.358. The number of imidazole rings is 1. The molecule has 0 amide bonds. The summed E-state index contributed by atoms with van der Waals surface area (Å²) in [6, 6.07) is 0.223. The lowest BCUT2D eigenvalue weighted by Gasteiger charge is -2.08. The van der Waals surface area contributed by atoms with Crippen LogP contribution in [0.4, 0.5) is 5.95 Å². The largest absolute Gasteiger partial charge is 0.464 e. The maximum atomic E-state index is 5.32. The molecule has 0 aromatic carbocycles. The zero-order valence-corrected chi connectivity index (χ0v) is 10.5. The Hall–Kier alpha value is -2.22. The highest BCUT2D eigenvalue weighted by atomic mass is 16.5. The summed E-state index contributed by atoms with van der Waals surface area (Å²) in [6.45, 7) is 6.17. The highest BCUT2D eigenvalue weighted by Crippen LogP contribution is 2.14. The van der Waals surface area contributed by atoms with Gasteiger partial charge in [-0.15, -0.1) is 0 Å². The van der Waals surface area contributed by atoms with Crippen LogP contribution in [-0.4, -0.2) is 31.1 Å². The van der Waals surface area contributed by atoms with E-state index in [9.17, 15) is 0 Å². The smallest absolute Gasteiger partial charge is 0.323 e. The van der Waals surface area contributed by atoms with Crippen molar-refractivity contribution in [1.82, 2.24) is 24.5 Å². The van der Waals surface area contributed by atoms with Gasteiger partial charge in [-0.2, -0.15) is 15.0 Å². The molecule has 18 heavy (non-hydrogen) atoms. The van der Waals surface area contributed by atoms with Gasteiger partial charge in [-0.05, 0) is 20.8 Å². The molecule has 0 aliphatic carbocycles. The molecule has 0 radical (unpaired) electrons. The molecule has 8 nitrogen and oxygen atoms in total. The first kappa shape index (κ1) is 12.2. The van der Waals surface area contributed by atoms with Crippen LogP contribution in [-0.2, 0) is 0 Å². The van der Waals surface area contributed by atoms with Crippen molar-refractivity contribution in [3.05, 3.63) is 17.7 Å². The number of nitrogen functional groups attached to an aromatic ring is 1. The van der Waals surface area contributed by atoms with E-state index in [-0.39, 0.29) is 12.0 Å². The normalized spacial score (nSPS) is 10.4. The molecule has 0 bridgehead atoms. The third-order valence-corrected chi connectivity index (χ3v) is 2.47. The summed E-state index contributed by atoms with van der Waals surface area (Å²) >= 11 is 0. The molecular formula is C10H15N7O. The third-order valence-electron chi connectivity index (χ3n) is 2.47. The Balaban J connectivity index is 2.49. The molecular weight excluding hydrogens is 234 g/mol. The lowest BCUT2D eigenvalue weighted by molar-refractivity contribution is 0.311. The van der Waals surface area contributed by atoms with E-state index in [1.807, 2.05) is 20.8 Å². The topological polar surface area (TPSA) is 104 Å². The van der Waals surface area contributed by atoms with Crippen molar-refractivity contribution in [2.45, 2.75) is 20.8 Å². The van der Waals surface area contributed by atoms with Crippen molar-refractivity contribution in [2.75, 3.05) is 12.0 Å². The molecule has 0 spiro atoms. The van der Waals surface area contributed by atoms with E-state index in [1.54, 1.807) is 10.9 Å². The van der Waals surface area contributed by atoms with Crippen LogP contribution in [0.1, 0.15) is 18.3 Å². The fourth-order valence-corrected chi connectivity index (χ4v) is 1.41. The quantitative estimate of drug-likeness (QED) is 0.595. The third kappa shape index (κ3) is 2.23. The van der Waals surface area contributed by atoms with Gasteiger partial charge in [0.1, 0.15) is 6.33 Å². The van der Waals surface area contributed by atoms with Gasteiger partial charge in [0.15, 0.2) is 0 Å². The number of hydrazine groups is 1. The summed E-state index contributed by atoms with van der Waals surface area (Å²) in [7, 11) is 0. The first-order chi connectivity index (χ1) is 8.65. The number of anilines is 1. The summed E-state index contributed by atoms with van der Waals surface area (Å²) in [5.74, 6) is 5.98. The number of rotatable bonds is 4. The van der Waals surface area contributed by atoms with Crippen LogP contribution in [0.15, 0.2) is 6.33 Å². The fourth-order valence-electron chi connectivity index (χ4n) is 1.41. The summed E-state index contributed by atoms with van der Waals surface area (Å²) in [6.07, 6.45) is 1.65. The van der Waals surface area contributed by atoms with Crippen molar-refractivity contribution in [3.63, 3.8) is 0 Å². The molecule has 0 aliphatic rings. The minimum Gasteiger partial charge on any atom is -0.464 e. The van der Waals surface area contributed by atoms with Gasteiger partial charge in [0.25, 0.3) is 0 Å². The molecule has 0 atom stereocenters. The van der Waals surface area contributed by atoms with E-state index in [0.717, 1.165) is 11.4 Å². The van der Waals surface area contributed by atoms with Gasteiger partial charge in [0.2, 0.25) is 11.9 Å². The van der Waals surface area contributed by atoms with E-state index >= 15 is 0 Å². The maximum Gasteiger partial charge on any atom is 0.323 e. The van der Waals surface area contributed by atoms with Crippen molar-refractivity contribution >= 4 is 5.95 Å². The Kier molecular flexibility index (Phi) is 3.38. The molecule has 0 saturated heterocycles. The summed E-state index contributed by atoms with van der Waals surface area (Å²) in [4.78, 5) is 16.5. The summed E-state index contributed by atoms with van der Waals surface area (Å²) in [5, 5.41) is 0. The maximum absolute atomic E-state index is 5.32. The average Bonchev–Trinajstić information content (AvgIpc) is 2.70. The Morgan fingerprint density at radius 1 is 1.33 bits per heavy atom. The van der Waals surface area contributed by atoms with Gasteiger partial charge in [-0.1, -0.05) is 0 Å². The minimum atomic E-state index is 0.223. The molecule has 2 rings (SSSR count). The van der Waals surface area contributed by atoms with Crippen LogP contribution in [0.2, 0.25) is 0 Å². The predicted molar refractivity (Wildman–Crippen MR) is 65.4 cm³/mol. The zero-order chi connectivity index (χ0) is 13.1. The zero-order valence-electron chi connectivity index (χ0n) is 10.5. The first-order valence-corrected chi connectivity index (χ1v) is 5.52. The van der Waals surface area contributed by atoms with Crippen molar-refractivity contribution in [2.24, 2.45) is 5.84 Å². The molecule has 0 aliphatic heterocycles. The van der Waals surface area contributed by atoms with Gasteiger partial charge < -0.3 is 4.74 Å². The van der Waals surface area contributed by atoms with Crippen molar-refractivity contribution < 1.29 is 4.74 Å². The number of hydrogen-bond donors (Lipinski definition) is 2. The SMILES string of the molecule is CCOc1nc(NN)nc(-n2cnc(C)c2C)n1. The Labute approximate surface area is 104 Å². The number of aromatic nitrogens is 5. The molecule has 3 N–H and O–H groups in total. The molecule has 0 fully saturated rings. The van der Waals surface area contributed by atoms with Crippen LogP contribution >= 0.6 is 0 Å². The summed E-state index contributed by atoms with van der Waals surface area (Å²) in [5.41, 5.74) is 4.25. The van der Waals surface area contributed by atoms with Gasteiger partial charge in [-0.25, -0.2) is 10.8 Å². The van der Waals surface area contributed by atoms with E-state index in [0.29, 0.717) is 12.6 Å². The second-order valence-electron chi connectivity index (χ2n) is 3.60. The molecule has 96 valence electrons. The molecule has 8 heteroatoms. The van der Waals surface area contributed by atoms with E-state index in [1.165, 1.54) is 0 Å². The van der Waals surface area contributed by atoms with Crippen LogP contribution in [0, 0.1) is 13.8 Å². The monoisotopic (exact) mass is 249 g/mol. The van der Waals surface area contributed by atoms with Crippen molar-refractivity contribution in [3.8, 4) is 12.0 Å². The lowest BCUT2D eigenvalue weighted by atomic mass is 10.4. The molecule has 0 saturated carbocycles. The number of aryl methyl sites for hydroxylation is 1. The second kappa shape index (κ2) is 4.96. The highest BCUT2D eigenvalue weighted by molar-refractivity contribution is 5.30. The number of nitrogens with zero attached hydrogens (tertiary/aromatic N) is 5. The number of hydrogen-bond acceptors (Lipinski definition) is 7. The molecule has 2 heterocycles. The Morgan fingerprint density at radius 3 is 2.67 bits per heavy atom. The van der Waals surface area contributed by atoms with Gasteiger partial charge in [-0.3, -0.25) is 9.99 Å². The van der Waals surface area contributed by atoms with Crippen LogP contribution < -0.4 is 16.0 Å². The summed E-state index contributed by atoms with van der Waals surface area (Å²) < 4.78 is 7.02. The number of nitrogens with one attached hydrogen (secondary N) is 1. The van der Waals surface area contributed by atoms with Crippen LogP contribution in [0.5, 0.6) is 6.01 Å². The van der Waals surface area contributed by atoms with Gasteiger partial charge in [0, 0.05) is 5.69 Å². The highest BCUT2D eigenvalue weighted by Gasteiger charge is 2.11. The van der Waals surface area contributed by atoms with E-state index in [4.69, 9.17) is 10.6 Å². The standard InChI is InChI=1S/C10H15N7O/c1-4-18-10-14-8(16-11)13-9(15-10)17-5-12-6(2)7(17)3/h5H,4,11H2,1-3H3,(H,13,14,15,16). The van der Waals surface area contributed by atoms with Crippen LogP contribution in [0.3, 0.4) is 0 Å². The average molecular weight is 249 g/mol. The Bertz CT molecular complexity index is 551. The van der Waals surface area contributed by atoms with Crippen LogP contribution in [0.25, 0.3) is 5.95 Å². The molecule has 2 aromatic rings. The first-order valence-electron chi connectivity index (χ1n) is 5.52. The van der Waals surface area contributed by atoms with E-state index < -0.39 is 0 Å².